The van der Waals surface area contributed by atoms with Gasteiger partial charge in [0.1, 0.15) is 0 Å². The van der Waals surface area contributed by atoms with Gasteiger partial charge in [0.05, 0.1) is 4.90 Å². The van der Waals surface area contributed by atoms with Crippen molar-refractivity contribution in [3.8, 4) is 0 Å². The van der Waals surface area contributed by atoms with E-state index in [-0.39, 0.29) is 30.0 Å². The Labute approximate surface area is 168 Å². The number of piperazine rings is 1. The molecule has 28 heavy (non-hydrogen) atoms. The molecule has 2 aromatic carbocycles. The zero-order chi connectivity index (χ0) is 19.6. The van der Waals surface area contributed by atoms with Crippen molar-refractivity contribution >= 4 is 34.0 Å². The molecule has 1 aliphatic rings. The van der Waals surface area contributed by atoms with Gasteiger partial charge in [0.2, 0.25) is 0 Å². The van der Waals surface area contributed by atoms with Gasteiger partial charge in [-0.2, -0.15) is 0 Å². The van der Waals surface area contributed by atoms with Gasteiger partial charge in [0.15, 0.2) is 11.6 Å². The van der Waals surface area contributed by atoms with Crippen molar-refractivity contribution in [3.63, 3.8) is 0 Å². The first kappa shape index (κ1) is 22.1. The molecule has 1 atom stereocenters. The van der Waals surface area contributed by atoms with Crippen molar-refractivity contribution in [1.82, 2.24) is 10.2 Å². The van der Waals surface area contributed by atoms with Crippen molar-refractivity contribution in [2.45, 2.75) is 17.9 Å². The van der Waals surface area contributed by atoms with Crippen molar-refractivity contribution in [2.75, 3.05) is 24.4 Å². The Morgan fingerprint density at radius 3 is 2.43 bits per heavy atom. The third-order valence-electron chi connectivity index (χ3n) is 4.35. The Morgan fingerprint density at radius 2 is 1.82 bits per heavy atom. The lowest BCUT2D eigenvalue weighted by molar-refractivity contribution is 0.0656. The Balaban J connectivity index is 0.00000280. The SMILES string of the molecule is C[C@H]1CNCCN1C(=O)c1ccc(NS(=O)(=O)c2ccc(F)c(F)c2)cc1.Cl. The van der Waals surface area contributed by atoms with Crippen molar-refractivity contribution < 1.29 is 22.0 Å². The molecule has 6 nitrogen and oxygen atoms in total. The second-order valence-corrected chi connectivity index (χ2v) is 7.99. The van der Waals surface area contributed by atoms with E-state index in [1.165, 1.54) is 24.3 Å². The number of hydrogen-bond acceptors (Lipinski definition) is 4. The van der Waals surface area contributed by atoms with Crippen LogP contribution in [0.4, 0.5) is 14.5 Å². The summed E-state index contributed by atoms with van der Waals surface area (Å²) in [6.45, 7) is 4.00. The van der Waals surface area contributed by atoms with E-state index >= 15 is 0 Å². The topological polar surface area (TPSA) is 78.5 Å². The van der Waals surface area contributed by atoms with E-state index in [1.54, 1.807) is 4.90 Å². The highest BCUT2D eigenvalue weighted by Gasteiger charge is 2.24. The smallest absolute Gasteiger partial charge is 0.261 e. The van der Waals surface area contributed by atoms with Crippen LogP contribution < -0.4 is 10.0 Å². The average Bonchev–Trinajstić information content (AvgIpc) is 2.64. The van der Waals surface area contributed by atoms with Gasteiger partial charge in [0.25, 0.3) is 15.9 Å². The summed E-state index contributed by atoms with van der Waals surface area (Å²) >= 11 is 0. The quantitative estimate of drug-likeness (QED) is 0.780. The van der Waals surface area contributed by atoms with Crippen molar-refractivity contribution in [2.24, 2.45) is 0 Å². The maximum Gasteiger partial charge on any atom is 0.261 e. The Kier molecular flexibility index (Phi) is 6.97. The van der Waals surface area contributed by atoms with Gasteiger partial charge in [-0.15, -0.1) is 12.4 Å². The lowest BCUT2D eigenvalue weighted by atomic mass is 10.1. The predicted octanol–water partition coefficient (Wildman–Crippen LogP) is 2.62. The first-order chi connectivity index (χ1) is 12.8. The molecule has 0 radical (unpaired) electrons. The van der Waals surface area contributed by atoms with Crippen LogP contribution in [-0.4, -0.2) is 44.9 Å². The molecular weight excluding hydrogens is 412 g/mol. The molecule has 2 aromatic rings. The van der Waals surface area contributed by atoms with Crippen LogP contribution in [0.15, 0.2) is 47.4 Å². The van der Waals surface area contributed by atoms with Crippen LogP contribution in [0.1, 0.15) is 17.3 Å². The minimum absolute atomic E-state index is 0. The number of nitrogens with zero attached hydrogens (tertiary/aromatic N) is 1. The minimum Gasteiger partial charge on any atom is -0.333 e. The van der Waals surface area contributed by atoms with Crippen LogP contribution in [0, 0.1) is 11.6 Å². The zero-order valence-electron chi connectivity index (χ0n) is 15.0. The molecular formula is C18H20ClF2N3O3S. The van der Waals surface area contributed by atoms with Crippen molar-refractivity contribution in [1.29, 1.82) is 0 Å². The van der Waals surface area contributed by atoms with Gasteiger partial charge in [0, 0.05) is 36.9 Å². The fraction of sp³-hybridized carbons (Fsp3) is 0.278. The lowest BCUT2D eigenvalue weighted by Crippen LogP contribution is -2.52. The zero-order valence-corrected chi connectivity index (χ0v) is 16.6. The number of nitrogens with one attached hydrogen (secondary N) is 2. The third-order valence-corrected chi connectivity index (χ3v) is 5.73. The molecule has 3 rings (SSSR count). The monoisotopic (exact) mass is 431 g/mol. The largest absolute Gasteiger partial charge is 0.333 e. The van der Waals surface area contributed by atoms with Crippen molar-refractivity contribution in [3.05, 3.63) is 59.7 Å². The molecule has 0 bridgehead atoms. The molecule has 0 aromatic heterocycles. The molecule has 0 unspecified atom stereocenters. The second kappa shape index (κ2) is 8.85. The molecule has 1 aliphatic heterocycles. The lowest BCUT2D eigenvalue weighted by Gasteiger charge is -2.34. The minimum atomic E-state index is -4.08. The first-order valence-corrected chi connectivity index (χ1v) is 9.86. The molecule has 1 amide bonds. The summed E-state index contributed by atoms with van der Waals surface area (Å²) in [6.07, 6.45) is 0. The Morgan fingerprint density at radius 1 is 1.14 bits per heavy atom. The summed E-state index contributed by atoms with van der Waals surface area (Å²) in [5.41, 5.74) is 0.657. The molecule has 0 saturated carbocycles. The highest BCUT2D eigenvalue weighted by atomic mass is 35.5. The molecule has 0 spiro atoms. The number of benzene rings is 2. The highest BCUT2D eigenvalue weighted by molar-refractivity contribution is 7.92. The molecule has 0 aliphatic carbocycles. The number of halogens is 3. The van der Waals surface area contributed by atoms with Crippen LogP contribution in [0.25, 0.3) is 0 Å². The van der Waals surface area contributed by atoms with Gasteiger partial charge in [-0.05, 0) is 49.4 Å². The second-order valence-electron chi connectivity index (χ2n) is 6.31. The molecule has 2 N–H and O–H groups in total. The highest BCUT2D eigenvalue weighted by Crippen LogP contribution is 2.19. The molecule has 1 saturated heterocycles. The van der Waals surface area contributed by atoms with E-state index in [0.29, 0.717) is 18.2 Å². The van der Waals surface area contributed by atoms with E-state index in [0.717, 1.165) is 25.2 Å². The number of sulfonamides is 1. The van der Waals surface area contributed by atoms with Crippen LogP contribution >= 0.6 is 12.4 Å². The summed E-state index contributed by atoms with van der Waals surface area (Å²) in [6, 6.07) is 8.37. The van der Waals surface area contributed by atoms with Crippen LogP contribution in [-0.2, 0) is 10.0 Å². The summed E-state index contributed by atoms with van der Waals surface area (Å²) < 4.78 is 53.1. The summed E-state index contributed by atoms with van der Waals surface area (Å²) in [7, 11) is -4.08. The predicted molar refractivity (Wildman–Crippen MR) is 104 cm³/mol. The number of amides is 1. The van der Waals surface area contributed by atoms with Gasteiger partial charge >= 0.3 is 0 Å². The molecule has 1 heterocycles. The van der Waals surface area contributed by atoms with E-state index in [1.807, 2.05) is 6.92 Å². The average molecular weight is 432 g/mol. The maximum atomic E-state index is 13.3. The molecule has 152 valence electrons. The number of carbonyl (C=O) groups excluding carboxylic acids is 1. The summed E-state index contributed by atoms with van der Waals surface area (Å²) in [5.74, 6) is -2.50. The fourth-order valence-corrected chi connectivity index (χ4v) is 3.92. The number of hydrogen-bond donors (Lipinski definition) is 2. The standard InChI is InChI=1S/C18H19F2N3O3S.ClH/c1-12-11-21-8-9-23(12)18(24)13-2-4-14(5-3-13)22-27(25,26)15-6-7-16(19)17(20)10-15;/h2-7,10,12,21-22H,8-9,11H2,1H3;1H/t12-;/m0./s1. The normalized spacial score (nSPS) is 17.0. The van der Waals surface area contributed by atoms with E-state index in [2.05, 4.69) is 10.0 Å². The van der Waals surface area contributed by atoms with Gasteiger partial charge in [-0.1, -0.05) is 0 Å². The van der Waals surface area contributed by atoms with Gasteiger partial charge < -0.3 is 10.2 Å². The Hall–Kier alpha value is -2.23. The number of anilines is 1. The summed E-state index contributed by atoms with van der Waals surface area (Å²) in [5, 5.41) is 3.21. The third kappa shape index (κ3) is 4.78. The van der Waals surface area contributed by atoms with E-state index < -0.39 is 26.6 Å². The maximum absolute atomic E-state index is 13.3. The van der Waals surface area contributed by atoms with Gasteiger partial charge in [-0.3, -0.25) is 9.52 Å². The van der Waals surface area contributed by atoms with Crippen LogP contribution in [0.2, 0.25) is 0 Å². The molecule has 10 heteroatoms. The number of carbonyl (C=O) groups is 1. The summed E-state index contributed by atoms with van der Waals surface area (Å²) in [4.78, 5) is 13.9. The van der Waals surface area contributed by atoms with Crippen LogP contribution in [0.3, 0.4) is 0 Å². The fourth-order valence-electron chi connectivity index (χ4n) is 2.85. The molecule has 1 fully saturated rings. The Bertz CT molecular complexity index is 955. The first-order valence-electron chi connectivity index (χ1n) is 8.37. The van der Waals surface area contributed by atoms with E-state index in [9.17, 15) is 22.0 Å². The number of rotatable bonds is 4. The van der Waals surface area contributed by atoms with Crippen LogP contribution in [0.5, 0.6) is 0 Å². The van der Waals surface area contributed by atoms with Gasteiger partial charge in [-0.25, -0.2) is 17.2 Å². The van der Waals surface area contributed by atoms with E-state index in [4.69, 9.17) is 0 Å².